The Morgan fingerprint density at radius 1 is 1.37 bits per heavy atom. The van der Waals surface area contributed by atoms with Crippen LogP contribution in [0.2, 0.25) is 0 Å². The summed E-state index contributed by atoms with van der Waals surface area (Å²) < 4.78 is 15.4. The Morgan fingerprint density at radius 3 is 2.89 bits per heavy atom. The average Bonchev–Trinajstić information content (AvgIpc) is 3.07. The zero-order chi connectivity index (χ0) is 19.6. The largest absolute Gasteiger partial charge is 0.493 e. The molecule has 0 saturated heterocycles. The van der Waals surface area contributed by atoms with Gasteiger partial charge in [0.1, 0.15) is 0 Å². The van der Waals surface area contributed by atoms with Crippen molar-refractivity contribution < 1.29 is 23.8 Å². The Kier molecular flexibility index (Phi) is 7.56. The number of thiazole rings is 1. The van der Waals surface area contributed by atoms with Gasteiger partial charge in [0.2, 0.25) is 5.13 Å². The number of hydrogen-bond acceptors (Lipinski definition) is 9. The van der Waals surface area contributed by atoms with Crippen molar-refractivity contribution in [1.29, 1.82) is 0 Å². The molecule has 3 N–H and O–H groups in total. The molecule has 1 heterocycles. The second-order valence-electron chi connectivity index (χ2n) is 5.16. The van der Waals surface area contributed by atoms with Crippen LogP contribution < -0.4 is 20.6 Å². The summed E-state index contributed by atoms with van der Waals surface area (Å²) in [4.78, 5) is 26.5. The van der Waals surface area contributed by atoms with Crippen LogP contribution in [0.4, 0.5) is 5.13 Å². The highest BCUT2D eigenvalue weighted by Gasteiger charge is 2.08. The van der Waals surface area contributed by atoms with E-state index in [9.17, 15) is 9.59 Å². The van der Waals surface area contributed by atoms with E-state index < -0.39 is 5.91 Å². The van der Waals surface area contributed by atoms with E-state index in [4.69, 9.17) is 19.9 Å². The molecule has 9 nitrogen and oxygen atoms in total. The summed E-state index contributed by atoms with van der Waals surface area (Å²) in [5.41, 5.74) is 9.23. The van der Waals surface area contributed by atoms with E-state index in [1.165, 1.54) is 18.4 Å². The third-order valence-corrected chi connectivity index (χ3v) is 3.91. The molecule has 0 aliphatic carbocycles. The zero-order valence-corrected chi connectivity index (χ0v) is 15.7. The number of carbonyl (C=O) groups excluding carboxylic acids is 2. The van der Waals surface area contributed by atoms with Crippen LogP contribution >= 0.6 is 11.3 Å². The van der Waals surface area contributed by atoms with Gasteiger partial charge in [-0.2, -0.15) is 5.10 Å². The quantitative estimate of drug-likeness (QED) is 0.357. The highest BCUT2D eigenvalue weighted by molar-refractivity contribution is 7.13. The Hall–Kier alpha value is -3.14. The van der Waals surface area contributed by atoms with Gasteiger partial charge >= 0.3 is 5.97 Å². The SMILES string of the molecule is CCOC(=O)Cc1csc(NN=Cc2ccc(OCC(N)=O)c(OC)c2)n1. The first-order valence-corrected chi connectivity index (χ1v) is 8.88. The highest BCUT2D eigenvalue weighted by atomic mass is 32.1. The topological polar surface area (TPSA) is 125 Å². The van der Waals surface area contributed by atoms with Gasteiger partial charge in [-0.05, 0) is 30.7 Å². The standard InChI is InChI=1S/C17H20N4O5S/c1-3-25-16(23)7-12-10-27-17(20-12)21-19-8-11-4-5-13(14(6-11)24-2)26-9-15(18)22/h4-6,8,10H,3,7,9H2,1-2H3,(H2,18,22)(H,20,21). The van der Waals surface area contributed by atoms with Gasteiger partial charge < -0.3 is 19.9 Å². The van der Waals surface area contributed by atoms with Crippen LogP contribution in [0.3, 0.4) is 0 Å². The number of amides is 1. The van der Waals surface area contributed by atoms with Crippen molar-refractivity contribution in [2.24, 2.45) is 10.8 Å². The number of methoxy groups -OCH3 is 1. The van der Waals surface area contributed by atoms with E-state index in [-0.39, 0.29) is 19.0 Å². The van der Waals surface area contributed by atoms with Crippen LogP contribution in [0.15, 0.2) is 28.7 Å². The van der Waals surface area contributed by atoms with Crippen molar-refractivity contribution in [3.8, 4) is 11.5 Å². The molecule has 27 heavy (non-hydrogen) atoms. The summed E-state index contributed by atoms with van der Waals surface area (Å²) in [6, 6.07) is 5.11. The van der Waals surface area contributed by atoms with Gasteiger partial charge in [0, 0.05) is 5.38 Å². The fraction of sp³-hybridized carbons (Fsp3) is 0.294. The first-order valence-electron chi connectivity index (χ1n) is 8.00. The molecule has 0 fully saturated rings. The summed E-state index contributed by atoms with van der Waals surface area (Å²) in [7, 11) is 1.49. The highest BCUT2D eigenvalue weighted by Crippen LogP contribution is 2.27. The van der Waals surface area contributed by atoms with E-state index in [1.807, 2.05) is 0 Å². The Labute approximate surface area is 160 Å². The van der Waals surface area contributed by atoms with Crippen molar-refractivity contribution in [1.82, 2.24) is 4.98 Å². The van der Waals surface area contributed by atoms with Crippen LogP contribution in [0.1, 0.15) is 18.2 Å². The number of hydrogen-bond donors (Lipinski definition) is 2. The third kappa shape index (κ3) is 6.59. The summed E-state index contributed by atoms with van der Waals surface area (Å²) in [6.07, 6.45) is 1.70. The van der Waals surface area contributed by atoms with Crippen LogP contribution in [0.5, 0.6) is 11.5 Å². The number of carbonyl (C=O) groups is 2. The maximum Gasteiger partial charge on any atom is 0.311 e. The lowest BCUT2D eigenvalue weighted by Crippen LogP contribution is -2.20. The van der Waals surface area contributed by atoms with Gasteiger partial charge in [0.15, 0.2) is 18.1 Å². The number of nitrogens with zero attached hydrogens (tertiary/aromatic N) is 2. The molecule has 0 unspecified atom stereocenters. The van der Waals surface area contributed by atoms with Gasteiger partial charge in [0.05, 0.1) is 32.0 Å². The summed E-state index contributed by atoms with van der Waals surface area (Å²) >= 11 is 1.33. The number of benzene rings is 1. The lowest BCUT2D eigenvalue weighted by atomic mass is 10.2. The van der Waals surface area contributed by atoms with Crippen molar-refractivity contribution in [3.63, 3.8) is 0 Å². The van der Waals surface area contributed by atoms with Gasteiger partial charge in [-0.3, -0.25) is 15.0 Å². The second kappa shape index (κ2) is 10.1. The number of primary amides is 1. The molecule has 1 amide bonds. The molecule has 0 radical (unpaired) electrons. The summed E-state index contributed by atoms with van der Waals surface area (Å²) in [5, 5.41) is 6.43. The maximum absolute atomic E-state index is 11.4. The monoisotopic (exact) mass is 392 g/mol. The maximum atomic E-state index is 11.4. The molecular formula is C17H20N4O5S. The van der Waals surface area contributed by atoms with Crippen molar-refractivity contribution in [2.45, 2.75) is 13.3 Å². The molecule has 0 aliphatic heterocycles. The first-order chi connectivity index (χ1) is 13.0. The van der Waals surface area contributed by atoms with Crippen molar-refractivity contribution in [3.05, 3.63) is 34.8 Å². The predicted octanol–water partition coefficient (Wildman–Crippen LogP) is 1.57. The van der Waals surface area contributed by atoms with Crippen molar-refractivity contribution >= 4 is 34.6 Å². The number of esters is 1. The second-order valence-corrected chi connectivity index (χ2v) is 6.02. The Bertz CT molecular complexity index is 821. The van der Waals surface area contributed by atoms with E-state index in [0.29, 0.717) is 28.9 Å². The van der Waals surface area contributed by atoms with Gasteiger partial charge in [-0.15, -0.1) is 11.3 Å². The number of aromatic nitrogens is 1. The third-order valence-electron chi connectivity index (χ3n) is 3.11. The molecular weight excluding hydrogens is 372 g/mol. The minimum atomic E-state index is -0.572. The van der Waals surface area contributed by atoms with Crippen LogP contribution in [-0.4, -0.2) is 43.4 Å². The fourth-order valence-corrected chi connectivity index (χ4v) is 2.65. The number of rotatable bonds is 10. The minimum Gasteiger partial charge on any atom is -0.493 e. The molecule has 2 rings (SSSR count). The minimum absolute atomic E-state index is 0.125. The van der Waals surface area contributed by atoms with E-state index in [0.717, 1.165) is 5.56 Å². The number of ether oxygens (including phenoxy) is 3. The van der Waals surface area contributed by atoms with E-state index in [2.05, 4.69) is 15.5 Å². The molecule has 10 heteroatoms. The molecule has 2 aromatic rings. The molecule has 0 saturated carbocycles. The van der Waals surface area contributed by atoms with Crippen LogP contribution in [0, 0.1) is 0 Å². The number of nitrogens with two attached hydrogens (primary N) is 1. The number of nitrogens with one attached hydrogen (secondary N) is 1. The first kappa shape index (κ1) is 20.2. The molecule has 0 spiro atoms. The molecule has 1 aromatic heterocycles. The molecule has 0 aliphatic rings. The molecule has 1 aromatic carbocycles. The molecule has 144 valence electrons. The lowest BCUT2D eigenvalue weighted by Gasteiger charge is -2.09. The van der Waals surface area contributed by atoms with Gasteiger partial charge in [-0.25, -0.2) is 4.98 Å². The van der Waals surface area contributed by atoms with Crippen LogP contribution in [-0.2, 0) is 20.7 Å². The average molecular weight is 392 g/mol. The Morgan fingerprint density at radius 2 is 2.19 bits per heavy atom. The van der Waals surface area contributed by atoms with Gasteiger partial charge in [0.25, 0.3) is 5.91 Å². The fourth-order valence-electron chi connectivity index (χ4n) is 1.99. The Balaban J connectivity index is 1.95. The zero-order valence-electron chi connectivity index (χ0n) is 14.9. The van der Waals surface area contributed by atoms with Gasteiger partial charge in [-0.1, -0.05) is 0 Å². The number of anilines is 1. The molecule has 0 atom stereocenters. The number of hydrazone groups is 1. The lowest BCUT2D eigenvalue weighted by molar-refractivity contribution is -0.142. The summed E-state index contributed by atoms with van der Waals surface area (Å²) in [5.74, 6) is -0.0302. The molecule has 0 bridgehead atoms. The van der Waals surface area contributed by atoms with E-state index in [1.54, 1.807) is 36.7 Å². The predicted molar refractivity (Wildman–Crippen MR) is 101 cm³/mol. The summed E-state index contributed by atoms with van der Waals surface area (Å²) in [6.45, 7) is 1.86. The normalized spacial score (nSPS) is 10.6. The van der Waals surface area contributed by atoms with Crippen molar-refractivity contribution in [2.75, 3.05) is 25.7 Å². The smallest absolute Gasteiger partial charge is 0.311 e. The van der Waals surface area contributed by atoms with Crippen LogP contribution in [0.25, 0.3) is 0 Å². The van der Waals surface area contributed by atoms with E-state index >= 15 is 0 Å².